The predicted octanol–water partition coefficient (Wildman–Crippen LogP) is 0.756. The summed E-state index contributed by atoms with van der Waals surface area (Å²) in [5.74, 6) is 1.04. The summed E-state index contributed by atoms with van der Waals surface area (Å²) in [6.07, 6.45) is 3.54. The second kappa shape index (κ2) is 3.75. The summed E-state index contributed by atoms with van der Waals surface area (Å²) >= 11 is 0. The quantitative estimate of drug-likeness (QED) is 0.740. The number of hydrogen-bond donors (Lipinski definition) is 2. The van der Waals surface area contributed by atoms with Crippen LogP contribution in [0.4, 0.5) is 5.82 Å². The normalized spacial score (nSPS) is 21.6. The number of piperazine rings is 1. The van der Waals surface area contributed by atoms with Gasteiger partial charge >= 0.3 is 0 Å². The van der Waals surface area contributed by atoms with E-state index in [2.05, 4.69) is 32.1 Å². The van der Waals surface area contributed by atoms with Gasteiger partial charge in [-0.15, -0.1) is 0 Å². The van der Waals surface area contributed by atoms with Crippen molar-refractivity contribution in [1.82, 2.24) is 20.3 Å². The second-order valence-electron chi connectivity index (χ2n) is 4.24. The molecule has 0 amide bonds. The van der Waals surface area contributed by atoms with E-state index in [1.54, 1.807) is 6.33 Å². The van der Waals surface area contributed by atoms with Crippen LogP contribution in [-0.2, 0) is 0 Å². The fraction of sp³-hybridized carbons (Fsp3) is 0.455. The highest BCUT2D eigenvalue weighted by molar-refractivity contribution is 5.87. The fourth-order valence-electron chi connectivity index (χ4n) is 2.24. The lowest BCUT2D eigenvalue weighted by Crippen LogP contribution is -2.49. The van der Waals surface area contributed by atoms with Crippen molar-refractivity contribution in [2.75, 3.05) is 24.5 Å². The lowest BCUT2D eigenvalue weighted by atomic mass is 10.2. The SMILES string of the molecule is C[C@H]1CN(c2ncnc3[nH]ccc23)CCN1. The van der Waals surface area contributed by atoms with Crippen LogP contribution in [0.5, 0.6) is 0 Å². The van der Waals surface area contributed by atoms with Crippen LogP contribution >= 0.6 is 0 Å². The Hall–Kier alpha value is -1.62. The summed E-state index contributed by atoms with van der Waals surface area (Å²) in [5, 5.41) is 4.54. The smallest absolute Gasteiger partial charge is 0.142 e. The number of anilines is 1. The maximum absolute atomic E-state index is 4.40. The van der Waals surface area contributed by atoms with E-state index < -0.39 is 0 Å². The second-order valence-corrected chi connectivity index (χ2v) is 4.24. The van der Waals surface area contributed by atoms with Crippen molar-refractivity contribution in [2.24, 2.45) is 0 Å². The maximum atomic E-state index is 4.40. The monoisotopic (exact) mass is 217 g/mol. The van der Waals surface area contributed by atoms with Crippen molar-refractivity contribution >= 4 is 16.9 Å². The standard InChI is InChI=1S/C11H15N5/c1-8-6-16(5-4-12-8)11-9-2-3-13-10(9)14-7-15-11/h2-3,7-8,12H,4-6H2,1H3,(H,13,14,15)/t8-/m0/s1. The molecule has 0 aromatic carbocycles. The summed E-state index contributed by atoms with van der Waals surface area (Å²) in [6, 6.07) is 2.55. The van der Waals surface area contributed by atoms with E-state index in [4.69, 9.17) is 0 Å². The minimum atomic E-state index is 0.512. The van der Waals surface area contributed by atoms with E-state index in [1.807, 2.05) is 12.3 Å². The van der Waals surface area contributed by atoms with Gasteiger partial charge in [-0.05, 0) is 13.0 Å². The highest BCUT2D eigenvalue weighted by atomic mass is 15.2. The first-order chi connectivity index (χ1) is 7.84. The zero-order valence-corrected chi connectivity index (χ0v) is 9.27. The van der Waals surface area contributed by atoms with E-state index >= 15 is 0 Å². The van der Waals surface area contributed by atoms with Crippen molar-refractivity contribution in [3.05, 3.63) is 18.6 Å². The van der Waals surface area contributed by atoms with E-state index in [9.17, 15) is 0 Å². The molecule has 5 heteroatoms. The van der Waals surface area contributed by atoms with Crippen molar-refractivity contribution in [3.63, 3.8) is 0 Å². The van der Waals surface area contributed by atoms with Crippen molar-refractivity contribution in [3.8, 4) is 0 Å². The molecule has 0 radical (unpaired) electrons. The number of nitrogens with one attached hydrogen (secondary N) is 2. The molecule has 3 heterocycles. The van der Waals surface area contributed by atoms with Crippen molar-refractivity contribution in [1.29, 1.82) is 0 Å². The molecule has 2 aromatic heterocycles. The number of hydrogen-bond acceptors (Lipinski definition) is 4. The summed E-state index contributed by atoms with van der Waals surface area (Å²) in [4.78, 5) is 14.0. The van der Waals surface area contributed by atoms with Crippen molar-refractivity contribution < 1.29 is 0 Å². The average molecular weight is 217 g/mol. The number of rotatable bonds is 1. The summed E-state index contributed by atoms with van der Waals surface area (Å²) in [6.45, 7) is 5.21. The average Bonchev–Trinajstić information content (AvgIpc) is 2.76. The first-order valence-corrected chi connectivity index (χ1v) is 5.61. The fourth-order valence-corrected chi connectivity index (χ4v) is 2.24. The molecule has 1 atom stereocenters. The molecule has 0 bridgehead atoms. The Morgan fingerprint density at radius 1 is 1.44 bits per heavy atom. The molecule has 2 aromatic rings. The number of aromatic nitrogens is 3. The van der Waals surface area contributed by atoms with Crippen LogP contribution in [0.15, 0.2) is 18.6 Å². The highest BCUT2D eigenvalue weighted by Crippen LogP contribution is 2.22. The third-order valence-electron chi connectivity index (χ3n) is 3.00. The molecule has 16 heavy (non-hydrogen) atoms. The molecular formula is C11H15N5. The Bertz CT molecular complexity index is 492. The Labute approximate surface area is 93.9 Å². The summed E-state index contributed by atoms with van der Waals surface area (Å²) < 4.78 is 0. The van der Waals surface area contributed by atoms with Crippen LogP contribution in [0.2, 0.25) is 0 Å². The lowest BCUT2D eigenvalue weighted by Gasteiger charge is -2.32. The van der Waals surface area contributed by atoms with Gasteiger partial charge in [0.2, 0.25) is 0 Å². The van der Waals surface area contributed by atoms with Gasteiger partial charge in [-0.2, -0.15) is 0 Å². The van der Waals surface area contributed by atoms with E-state index in [0.29, 0.717) is 6.04 Å². The first-order valence-electron chi connectivity index (χ1n) is 5.61. The van der Waals surface area contributed by atoms with E-state index in [-0.39, 0.29) is 0 Å². The first kappa shape index (κ1) is 9.59. The molecule has 0 unspecified atom stereocenters. The van der Waals surface area contributed by atoms with Crippen LogP contribution in [0, 0.1) is 0 Å². The third-order valence-corrected chi connectivity index (χ3v) is 3.00. The number of H-pyrrole nitrogens is 1. The zero-order chi connectivity index (χ0) is 11.0. The van der Waals surface area contributed by atoms with Gasteiger partial charge in [-0.25, -0.2) is 9.97 Å². The lowest BCUT2D eigenvalue weighted by molar-refractivity contribution is 0.483. The van der Waals surface area contributed by atoms with Crippen LogP contribution in [0.3, 0.4) is 0 Å². The van der Waals surface area contributed by atoms with Crippen molar-refractivity contribution in [2.45, 2.75) is 13.0 Å². The molecule has 2 N–H and O–H groups in total. The van der Waals surface area contributed by atoms with E-state index in [1.165, 1.54) is 0 Å². The van der Waals surface area contributed by atoms with Gasteiger partial charge in [0, 0.05) is 31.9 Å². The largest absolute Gasteiger partial charge is 0.353 e. The zero-order valence-electron chi connectivity index (χ0n) is 9.27. The highest BCUT2D eigenvalue weighted by Gasteiger charge is 2.19. The van der Waals surface area contributed by atoms with Gasteiger partial charge in [0.25, 0.3) is 0 Å². The Balaban J connectivity index is 2.01. The van der Waals surface area contributed by atoms with Crippen LogP contribution in [-0.4, -0.2) is 40.6 Å². The van der Waals surface area contributed by atoms with Gasteiger partial charge in [-0.1, -0.05) is 0 Å². The van der Waals surface area contributed by atoms with E-state index in [0.717, 1.165) is 36.5 Å². The molecule has 1 fully saturated rings. The summed E-state index contributed by atoms with van der Waals surface area (Å²) in [7, 11) is 0. The Morgan fingerprint density at radius 3 is 3.25 bits per heavy atom. The van der Waals surface area contributed by atoms with Gasteiger partial charge in [-0.3, -0.25) is 0 Å². The maximum Gasteiger partial charge on any atom is 0.142 e. The van der Waals surface area contributed by atoms with Crippen LogP contribution in [0.1, 0.15) is 6.92 Å². The van der Waals surface area contributed by atoms with Gasteiger partial charge < -0.3 is 15.2 Å². The minimum absolute atomic E-state index is 0.512. The van der Waals surface area contributed by atoms with Crippen LogP contribution < -0.4 is 10.2 Å². The topological polar surface area (TPSA) is 56.8 Å². The molecule has 0 spiro atoms. The Morgan fingerprint density at radius 2 is 2.38 bits per heavy atom. The van der Waals surface area contributed by atoms with Gasteiger partial charge in [0.15, 0.2) is 0 Å². The Kier molecular flexibility index (Phi) is 2.25. The van der Waals surface area contributed by atoms with Gasteiger partial charge in [0.05, 0.1) is 5.39 Å². The van der Waals surface area contributed by atoms with Crippen LogP contribution in [0.25, 0.3) is 11.0 Å². The molecule has 3 rings (SSSR count). The number of fused-ring (bicyclic) bond motifs is 1. The molecule has 84 valence electrons. The van der Waals surface area contributed by atoms with Gasteiger partial charge in [0.1, 0.15) is 17.8 Å². The molecule has 1 saturated heterocycles. The number of aromatic amines is 1. The molecule has 1 aliphatic rings. The molecule has 0 saturated carbocycles. The third kappa shape index (κ3) is 1.53. The molecule has 0 aliphatic carbocycles. The number of nitrogens with zero attached hydrogens (tertiary/aromatic N) is 3. The summed E-state index contributed by atoms with van der Waals surface area (Å²) in [5.41, 5.74) is 0.913. The minimum Gasteiger partial charge on any atom is -0.353 e. The predicted molar refractivity (Wildman–Crippen MR) is 63.6 cm³/mol. The molecule has 1 aliphatic heterocycles. The molecular weight excluding hydrogens is 202 g/mol. The molecule has 5 nitrogen and oxygen atoms in total.